The molecule has 1 atom stereocenters. The Labute approximate surface area is 127 Å². The molecular weight excluding hydrogens is 260 g/mol. The van der Waals surface area contributed by atoms with E-state index in [4.69, 9.17) is 4.74 Å². The van der Waals surface area contributed by atoms with Gasteiger partial charge in [0.05, 0.1) is 0 Å². The van der Waals surface area contributed by atoms with E-state index in [1.54, 1.807) is 0 Å². The molecule has 0 spiro atoms. The number of aliphatic hydroxyl groups excluding tert-OH is 1. The average Bonchev–Trinajstić information content (AvgIpc) is 2.51. The van der Waals surface area contributed by atoms with Crippen molar-refractivity contribution in [3.63, 3.8) is 0 Å². The Morgan fingerprint density at radius 3 is 2.52 bits per heavy atom. The van der Waals surface area contributed by atoms with E-state index in [2.05, 4.69) is 19.1 Å². The van der Waals surface area contributed by atoms with Gasteiger partial charge in [0.2, 0.25) is 0 Å². The lowest BCUT2D eigenvalue weighted by atomic mass is 10.1. The molecule has 0 bridgehead atoms. The van der Waals surface area contributed by atoms with Gasteiger partial charge >= 0.3 is 0 Å². The van der Waals surface area contributed by atoms with Crippen molar-refractivity contribution in [1.29, 1.82) is 0 Å². The molecule has 1 unspecified atom stereocenters. The number of aryl methyl sites for hydroxylation is 2. The van der Waals surface area contributed by atoms with E-state index in [0.29, 0.717) is 0 Å². The summed E-state index contributed by atoms with van der Waals surface area (Å²) >= 11 is 0. The molecule has 0 aliphatic rings. The van der Waals surface area contributed by atoms with E-state index in [-0.39, 0.29) is 6.61 Å². The van der Waals surface area contributed by atoms with Crippen molar-refractivity contribution in [3.05, 3.63) is 65.2 Å². The third-order valence-corrected chi connectivity index (χ3v) is 3.58. The van der Waals surface area contributed by atoms with Crippen molar-refractivity contribution in [2.75, 3.05) is 6.61 Å². The van der Waals surface area contributed by atoms with Crippen LogP contribution in [0.3, 0.4) is 0 Å². The minimum Gasteiger partial charge on any atom is -0.491 e. The molecule has 21 heavy (non-hydrogen) atoms. The molecule has 0 heterocycles. The van der Waals surface area contributed by atoms with E-state index < -0.39 is 6.10 Å². The van der Waals surface area contributed by atoms with E-state index in [0.717, 1.165) is 23.3 Å². The first kappa shape index (κ1) is 15.6. The zero-order valence-electron chi connectivity index (χ0n) is 12.9. The van der Waals surface area contributed by atoms with Gasteiger partial charge in [-0.1, -0.05) is 55.3 Å². The van der Waals surface area contributed by atoms with Crippen LogP contribution >= 0.6 is 0 Å². The summed E-state index contributed by atoms with van der Waals surface area (Å²) in [5.74, 6) is 0.807. The summed E-state index contributed by atoms with van der Waals surface area (Å²) in [5.41, 5.74) is 3.38. The van der Waals surface area contributed by atoms with Gasteiger partial charge < -0.3 is 9.84 Å². The first-order valence-electron chi connectivity index (χ1n) is 7.65. The van der Waals surface area contributed by atoms with Gasteiger partial charge in [-0.2, -0.15) is 0 Å². The number of hydrogen-bond acceptors (Lipinski definition) is 2. The molecule has 2 heteroatoms. The maximum absolute atomic E-state index is 10.2. The normalized spacial score (nSPS) is 12.1. The highest BCUT2D eigenvalue weighted by Crippen LogP contribution is 2.18. The fourth-order valence-corrected chi connectivity index (χ4v) is 2.28. The van der Waals surface area contributed by atoms with Crippen LogP contribution in [0.25, 0.3) is 0 Å². The maximum atomic E-state index is 10.2. The lowest BCUT2D eigenvalue weighted by Gasteiger charge is -2.13. The number of aliphatic hydroxyl groups is 1. The number of rotatable bonds is 7. The topological polar surface area (TPSA) is 29.5 Å². The van der Waals surface area contributed by atoms with Gasteiger partial charge in [-0.3, -0.25) is 0 Å². The monoisotopic (exact) mass is 284 g/mol. The van der Waals surface area contributed by atoms with Crippen molar-refractivity contribution < 1.29 is 9.84 Å². The van der Waals surface area contributed by atoms with Crippen LogP contribution in [0, 0.1) is 6.92 Å². The standard InChI is InChI=1S/C19H24O2/c1-3-4-7-16-9-11-18(12-10-16)21-14-19(20)17-8-5-6-15(2)13-17/h5-6,8-13,19-20H,3-4,7,14H2,1-2H3. The van der Waals surface area contributed by atoms with Crippen LogP contribution in [0.15, 0.2) is 48.5 Å². The van der Waals surface area contributed by atoms with Crippen molar-refractivity contribution in [2.45, 2.75) is 39.2 Å². The summed E-state index contributed by atoms with van der Waals surface area (Å²) in [6, 6.07) is 16.1. The molecule has 2 rings (SSSR count). The van der Waals surface area contributed by atoms with Crippen LogP contribution in [0.4, 0.5) is 0 Å². The van der Waals surface area contributed by atoms with Gasteiger partial charge in [-0.15, -0.1) is 0 Å². The third-order valence-electron chi connectivity index (χ3n) is 3.58. The Balaban J connectivity index is 1.87. The second-order valence-corrected chi connectivity index (χ2v) is 5.49. The lowest BCUT2D eigenvalue weighted by Crippen LogP contribution is -2.09. The molecule has 2 aromatic rings. The Morgan fingerprint density at radius 1 is 1.10 bits per heavy atom. The molecule has 0 aromatic heterocycles. The molecule has 1 N–H and O–H groups in total. The first-order chi connectivity index (χ1) is 10.2. The van der Waals surface area contributed by atoms with Crippen molar-refractivity contribution in [3.8, 4) is 5.75 Å². The van der Waals surface area contributed by atoms with Gasteiger partial charge in [0.15, 0.2) is 0 Å². The van der Waals surface area contributed by atoms with E-state index in [1.165, 1.54) is 18.4 Å². The molecule has 2 aromatic carbocycles. The van der Waals surface area contributed by atoms with Crippen molar-refractivity contribution in [2.24, 2.45) is 0 Å². The predicted octanol–water partition coefficient (Wildman–Crippen LogP) is 4.45. The summed E-state index contributed by atoms with van der Waals surface area (Å²) in [6.45, 7) is 4.49. The number of ether oxygens (including phenoxy) is 1. The van der Waals surface area contributed by atoms with Gasteiger partial charge in [0.1, 0.15) is 18.5 Å². The highest BCUT2D eigenvalue weighted by molar-refractivity contribution is 5.28. The molecule has 2 nitrogen and oxygen atoms in total. The minimum absolute atomic E-state index is 0.276. The lowest BCUT2D eigenvalue weighted by molar-refractivity contribution is 0.108. The second kappa shape index (κ2) is 7.84. The molecule has 0 radical (unpaired) electrons. The summed E-state index contributed by atoms with van der Waals surface area (Å²) in [4.78, 5) is 0. The van der Waals surface area contributed by atoms with Crippen molar-refractivity contribution >= 4 is 0 Å². The minimum atomic E-state index is -0.593. The molecule has 112 valence electrons. The van der Waals surface area contributed by atoms with Gasteiger partial charge in [0, 0.05) is 0 Å². The molecule has 0 fully saturated rings. The second-order valence-electron chi connectivity index (χ2n) is 5.49. The fourth-order valence-electron chi connectivity index (χ4n) is 2.28. The van der Waals surface area contributed by atoms with E-state index in [1.807, 2.05) is 43.3 Å². The third kappa shape index (κ3) is 4.91. The molecule has 0 aliphatic carbocycles. The molecule has 0 saturated carbocycles. The highest BCUT2D eigenvalue weighted by atomic mass is 16.5. The molecule has 0 saturated heterocycles. The Bertz CT molecular complexity index is 546. The van der Waals surface area contributed by atoms with Crippen LogP contribution in [0.2, 0.25) is 0 Å². The molecular formula is C19H24O2. The Hall–Kier alpha value is -1.80. The smallest absolute Gasteiger partial charge is 0.119 e. The summed E-state index contributed by atoms with van der Waals surface area (Å²) in [7, 11) is 0. The van der Waals surface area contributed by atoms with Gasteiger partial charge in [-0.05, 0) is 43.0 Å². The zero-order valence-corrected chi connectivity index (χ0v) is 12.9. The van der Waals surface area contributed by atoms with Gasteiger partial charge in [-0.25, -0.2) is 0 Å². The van der Waals surface area contributed by atoms with Crippen LogP contribution < -0.4 is 4.74 Å². The van der Waals surface area contributed by atoms with Crippen molar-refractivity contribution in [1.82, 2.24) is 0 Å². The SMILES string of the molecule is CCCCc1ccc(OCC(O)c2cccc(C)c2)cc1. The van der Waals surface area contributed by atoms with Crippen LogP contribution in [-0.2, 0) is 6.42 Å². The van der Waals surface area contributed by atoms with E-state index >= 15 is 0 Å². The first-order valence-corrected chi connectivity index (χ1v) is 7.65. The zero-order chi connectivity index (χ0) is 15.1. The van der Waals surface area contributed by atoms with Crippen LogP contribution in [0.1, 0.15) is 42.6 Å². The summed E-state index contributed by atoms with van der Waals surface area (Å²) < 4.78 is 5.67. The highest BCUT2D eigenvalue weighted by Gasteiger charge is 2.08. The van der Waals surface area contributed by atoms with Crippen LogP contribution in [-0.4, -0.2) is 11.7 Å². The van der Waals surface area contributed by atoms with Gasteiger partial charge in [0.25, 0.3) is 0 Å². The van der Waals surface area contributed by atoms with Crippen LogP contribution in [0.5, 0.6) is 5.75 Å². The Morgan fingerprint density at radius 2 is 1.86 bits per heavy atom. The number of benzene rings is 2. The summed E-state index contributed by atoms with van der Waals surface area (Å²) in [5, 5.41) is 10.2. The quantitative estimate of drug-likeness (QED) is 0.814. The predicted molar refractivity (Wildman–Crippen MR) is 86.7 cm³/mol. The van der Waals surface area contributed by atoms with E-state index in [9.17, 15) is 5.11 Å². The number of hydrogen-bond donors (Lipinski definition) is 1. The number of unbranched alkanes of at least 4 members (excludes halogenated alkanes) is 1. The molecule has 0 amide bonds. The average molecular weight is 284 g/mol. The Kier molecular flexibility index (Phi) is 5.82. The fraction of sp³-hybridized carbons (Fsp3) is 0.368. The largest absolute Gasteiger partial charge is 0.491 e. The maximum Gasteiger partial charge on any atom is 0.119 e. The summed E-state index contributed by atoms with van der Waals surface area (Å²) in [6.07, 6.45) is 2.94. The molecule has 0 aliphatic heterocycles.